The maximum atomic E-state index is 12.4. The van der Waals surface area contributed by atoms with Crippen LogP contribution in [0.2, 0.25) is 0 Å². The maximum Gasteiger partial charge on any atom is 0.317 e. The summed E-state index contributed by atoms with van der Waals surface area (Å²) in [4.78, 5) is 28.1. The Morgan fingerprint density at radius 2 is 2.00 bits per heavy atom. The fraction of sp³-hybridized carbons (Fsp3) is 0.300. The molecule has 3 amide bonds. The van der Waals surface area contributed by atoms with Gasteiger partial charge in [0.05, 0.1) is 13.2 Å². The highest BCUT2D eigenvalue weighted by Gasteiger charge is 2.32. The van der Waals surface area contributed by atoms with Gasteiger partial charge in [0.25, 0.3) is 0 Å². The van der Waals surface area contributed by atoms with Gasteiger partial charge < -0.3 is 19.9 Å². The molecule has 2 aromatic carbocycles. The number of amides is 3. The average Bonchev–Trinajstić information content (AvgIpc) is 3.02. The lowest BCUT2D eigenvalue weighted by Crippen LogP contribution is -2.43. The Kier molecular flexibility index (Phi) is 5.41. The molecule has 6 nitrogen and oxygen atoms in total. The quantitative estimate of drug-likeness (QED) is 0.899. The van der Waals surface area contributed by atoms with Crippen LogP contribution < -0.4 is 15.0 Å². The Morgan fingerprint density at radius 3 is 2.73 bits per heavy atom. The molecule has 0 radical (unpaired) electrons. The summed E-state index contributed by atoms with van der Waals surface area (Å²) in [5.74, 6) is 0.694. The molecule has 3 rings (SSSR count). The monoisotopic (exact) mass is 353 g/mol. The van der Waals surface area contributed by atoms with Crippen molar-refractivity contribution in [2.24, 2.45) is 0 Å². The lowest BCUT2D eigenvalue weighted by atomic mass is 10.2. The van der Waals surface area contributed by atoms with E-state index in [9.17, 15) is 9.59 Å². The first-order valence-corrected chi connectivity index (χ1v) is 8.57. The number of urea groups is 1. The van der Waals surface area contributed by atoms with E-state index in [-0.39, 0.29) is 18.0 Å². The van der Waals surface area contributed by atoms with Crippen molar-refractivity contribution in [3.63, 3.8) is 0 Å². The normalized spacial score (nSPS) is 16.5. The van der Waals surface area contributed by atoms with E-state index in [0.29, 0.717) is 25.3 Å². The zero-order chi connectivity index (χ0) is 18.5. The van der Waals surface area contributed by atoms with Gasteiger partial charge in [-0.3, -0.25) is 4.79 Å². The second-order valence-electron chi connectivity index (χ2n) is 6.40. The summed E-state index contributed by atoms with van der Waals surface area (Å²) in [6.07, 6.45) is 0.294. The van der Waals surface area contributed by atoms with Crippen molar-refractivity contribution in [3.05, 3.63) is 60.2 Å². The Bertz CT molecular complexity index is 779. The Morgan fingerprint density at radius 1 is 1.23 bits per heavy atom. The van der Waals surface area contributed by atoms with Gasteiger partial charge in [0.1, 0.15) is 5.75 Å². The molecule has 26 heavy (non-hydrogen) atoms. The Balaban J connectivity index is 1.59. The summed E-state index contributed by atoms with van der Waals surface area (Å²) >= 11 is 0. The van der Waals surface area contributed by atoms with Crippen LogP contribution in [0.25, 0.3) is 0 Å². The molecule has 0 bridgehead atoms. The summed E-state index contributed by atoms with van der Waals surface area (Å²) in [5, 5.41) is 2.95. The predicted octanol–water partition coefficient (Wildman–Crippen LogP) is 2.64. The molecule has 0 spiro atoms. The highest BCUT2D eigenvalue weighted by Crippen LogP contribution is 2.25. The van der Waals surface area contributed by atoms with E-state index < -0.39 is 0 Å². The minimum Gasteiger partial charge on any atom is -0.497 e. The number of hydrogen-bond donors (Lipinski definition) is 1. The molecule has 0 unspecified atom stereocenters. The van der Waals surface area contributed by atoms with Gasteiger partial charge in [0.15, 0.2) is 0 Å². The van der Waals surface area contributed by atoms with Crippen LogP contribution in [0, 0.1) is 0 Å². The van der Waals surface area contributed by atoms with Crippen molar-refractivity contribution in [1.29, 1.82) is 0 Å². The van der Waals surface area contributed by atoms with E-state index in [2.05, 4.69) is 5.32 Å². The first kappa shape index (κ1) is 17.8. The van der Waals surface area contributed by atoms with Gasteiger partial charge in [-0.1, -0.05) is 36.4 Å². The largest absolute Gasteiger partial charge is 0.497 e. The number of carbonyl (C=O) groups excluding carboxylic acids is 2. The number of anilines is 1. The summed E-state index contributed by atoms with van der Waals surface area (Å²) in [5.41, 5.74) is 1.84. The molecule has 1 N–H and O–H groups in total. The molecule has 136 valence electrons. The SMILES string of the molecule is COc1cccc(N2C[C@H](NC(=O)N(C)Cc3ccccc3)CC2=O)c1. The lowest BCUT2D eigenvalue weighted by Gasteiger charge is -2.21. The molecule has 1 atom stereocenters. The molecule has 0 saturated carbocycles. The highest BCUT2D eigenvalue weighted by molar-refractivity contribution is 5.97. The zero-order valence-electron chi connectivity index (χ0n) is 15.0. The third-order valence-corrected chi connectivity index (χ3v) is 4.43. The molecular formula is C20H23N3O3. The van der Waals surface area contributed by atoms with Gasteiger partial charge in [0.2, 0.25) is 5.91 Å². The van der Waals surface area contributed by atoms with Crippen LogP contribution >= 0.6 is 0 Å². The van der Waals surface area contributed by atoms with Crippen molar-refractivity contribution in [1.82, 2.24) is 10.2 Å². The van der Waals surface area contributed by atoms with Crippen molar-refractivity contribution in [3.8, 4) is 5.75 Å². The molecular weight excluding hydrogens is 330 g/mol. The summed E-state index contributed by atoms with van der Waals surface area (Å²) in [6.45, 7) is 0.976. The van der Waals surface area contributed by atoms with Gasteiger partial charge in [-0.25, -0.2) is 4.79 Å². The second-order valence-corrected chi connectivity index (χ2v) is 6.40. The topological polar surface area (TPSA) is 61.9 Å². The number of carbonyl (C=O) groups is 2. The van der Waals surface area contributed by atoms with E-state index in [1.165, 1.54) is 0 Å². The number of benzene rings is 2. The van der Waals surface area contributed by atoms with Crippen molar-refractivity contribution < 1.29 is 14.3 Å². The van der Waals surface area contributed by atoms with Crippen LogP contribution in [0.1, 0.15) is 12.0 Å². The van der Waals surface area contributed by atoms with Gasteiger partial charge in [-0.15, -0.1) is 0 Å². The van der Waals surface area contributed by atoms with E-state index in [4.69, 9.17) is 4.74 Å². The van der Waals surface area contributed by atoms with Crippen LogP contribution in [0.5, 0.6) is 5.75 Å². The fourth-order valence-corrected chi connectivity index (χ4v) is 3.05. The highest BCUT2D eigenvalue weighted by atomic mass is 16.5. The maximum absolute atomic E-state index is 12.4. The second kappa shape index (κ2) is 7.91. The van der Waals surface area contributed by atoms with E-state index in [1.54, 1.807) is 24.0 Å². The number of ether oxygens (including phenoxy) is 1. The lowest BCUT2D eigenvalue weighted by molar-refractivity contribution is -0.117. The predicted molar refractivity (Wildman–Crippen MR) is 100 cm³/mol. The molecule has 6 heteroatoms. The van der Waals surface area contributed by atoms with Crippen LogP contribution in [-0.4, -0.2) is 43.6 Å². The van der Waals surface area contributed by atoms with Crippen LogP contribution in [0.15, 0.2) is 54.6 Å². The summed E-state index contributed by atoms with van der Waals surface area (Å²) in [7, 11) is 3.34. The molecule has 1 heterocycles. The average molecular weight is 353 g/mol. The fourth-order valence-electron chi connectivity index (χ4n) is 3.05. The Labute approximate surface area is 153 Å². The first-order chi connectivity index (χ1) is 12.6. The number of rotatable bonds is 5. The van der Waals surface area contributed by atoms with Crippen LogP contribution in [-0.2, 0) is 11.3 Å². The number of methoxy groups -OCH3 is 1. The minimum atomic E-state index is -0.209. The van der Waals surface area contributed by atoms with Crippen molar-refractivity contribution in [2.75, 3.05) is 25.6 Å². The number of nitrogens with one attached hydrogen (secondary N) is 1. The molecule has 1 aliphatic rings. The van der Waals surface area contributed by atoms with Crippen molar-refractivity contribution >= 4 is 17.6 Å². The third kappa shape index (κ3) is 4.14. The Hall–Kier alpha value is -3.02. The summed E-state index contributed by atoms with van der Waals surface area (Å²) in [6, 6.07) is 16.8. The number of nitrogens with zero attached hydrogens (tertiary/aromatic N) is 2. The molecule has 1 fully saturated rings. The van der Waals surface area contributed by atoms with Gasteiger partial charge in [-0.2, -0.15) is 0 Å². The molecule has 1 aliphatic heterocycles. The van der Waals surface area contributed by atoms with Crippen LogP contribution in [0.3, 0.4) is 0 Å². The molecule has 0 aliphatic carbocycles. The first-order valence-electron chi connectivity index (χ1n) is 8.57. The third-order valence-electron chi connectivity index (χ3n) is 4.43. The smallest absolute Gasteiger partial charge is 0.317 e. The standard InChI is InChI=1S/C20H23N3O3/c1-22(13-15-7-4-3-5-8-15)20(25)21-16-11-19(24)23(14-16)17-9-6-10-18(12-17)26-2/h3-10,12,16H,11,13-14H2,1-2H3,(H,21,25)/t16-/m1/s1. The van der Waals surface area contributed by atoms with Gasteiger partial charge >= 0.3 is 6.03 Å². The minimum absolute atomic E-state index is 0.00531. The van der Waals surface area contributed by atoms with Crippen molar-refractivity contribution in [2.45, 2.75) is 19.0 Å². The number of hydrogen-bond acceptors (Lipinski definition) is 3. The van der Waals surface area contributed by atoms with Gasteiger partial charge in [-0.05, 0) is 17.7 Å². The van der Waals surface area contributed by atoms with Gasteiger partial charge in [0, 0.05) is 38.3 Å². The van der Waals surface area contributed by atoms with E-state index >= 15 is 0 Å². The zero-order valence-corrected chi connectivity index (χ0v) is 15.0. The molecule has 1 saturated heterocycles. The molecule has 2 aromatic rings. The van der Waals surface area contributed by atoms with E-state index in [1.807, 2.05) is 54.6 Å². The molecule has 0 aromatic heterocycles. The summed E-state index contributed by atoms with van der Waals surface area (Å²) < 4.78 is 5.21. The van der Waals surface area contributed by atoms with E-state index in [0.717, 1.165) is 11.3 Å². The van der Waals surface area contributed by atoms with Crippen LogP contribution in [0.4, 0.5) is 10.5 Å².